The Labute approximate surface area is 240 Å². The first kappa shape index (κ1) is 28.8. The Balaban J connectivity index is 1.47. The molecular weight excluding hydrogens is 575 g/mol. The van der Waals surface area contributed by atoms with Crippen LogP contribution in [0, 0.1) is 0 Å². The molecule has 1 N–H and O–H groups in total. The Bertz CT molecular complexity index is 1640. The van der Waals surface area contributed by atoms with E-state index in [1.54, 1.807) is 59.5 Å². The van der Waals surface area contributed by atoms with E-state index in [9.17, 15) is 26.4 Å². The smallest absolute Gasteiger partial charge is 0.338 e. The molecule has 0 unspecified atom stereocenters. The third-order valence-electron chi connectivity index (χ3n) is 6.97. The summed E-state index contributed by atoms with van der Waals surface area (Å²) in [4.78, 5) is 17.4. The van der Waals surface area contributed by atoms with E-state index < -0.39 is 32.7 Å². The van der Waals surface area contributed by atoms with Gasteiger partial charge in [-0.1, -0.05) is 78.3 Å². The zero-order valence-corrected chi connectivity index (χ0v) is 23.2. The number of hydrogen-bond acceptors (Lipinski definition) is 4. The number of sulfonamides is 1. The van der Waals surface area contributed by atoms with Crippen molar-refractivity contribution >= 4 is 27.5 Å². The number of benzene rings is 3. The number of alkyl halides is 3. The van der Waals surface area contributed by atoms with E-state index in [0.717, 1.165) is 6.07 Å². The van der Waals surface area contributed by atoms with E-state index in [-0.39, 0.29) is 53.7 Å². The number of halogens is 4. The summed E-state index contributed by atoms with van der Waals surface area (Å²) in [5.74, 6) is -0.279. The summed E-state index contributed by atoms with van der Waals surface area (Å²) in [6.45, 7) is 0.450. The Kier molecular flexibility index (Phi) is 8.17. The molecular formula is C30H25ClF3N3O3S. The van der Waals surface area contributed by atoms with Crippen molar-refractivity contribution in [1.82, 2.24) is 14.6 Å². The Morgan fingerprint density at radius 1 is 0.878 bits per heavy atom. The number of carbonyl (C=O) groups is 1. The van der Waals surface area contributed by atoms with Crippen LogP contribution in [0.2, 0.25) is 5.15 Å². The maximum absolute atomic E-state index is 14.8. The number of nitrogens with zero attached hydrogens (tertiary/aromatic N) is 2. The number of pyridine rings is 1. The molecule has 0 spiro atoms. The van der Waals surface area contributed by atoms with Crippen molar-refractivity contribution in [3.63, 3.8) is 0 Å². The van der Waals surface area contributed by atoms with Crippen LogP contribution >= 0.6 is 11.6 Å². The number of nitrogens with one attached hydrogen (secondary N) is 1. The second-order valence-electron chi connectivity index (χ2n) is 9.65. The van der Waals surface area contributed by atoms with Gasteiger partial charge < -0.3 is 4.90 Å². The minimum Gasteiger partial charge on any atom is -0.338 e. The van der Waals surface area contributed by atoms with Crippen molar-refractivity contribution in [2.75, 3.05) is 13.1 Å². The third-order valence-corrected chi connectivity index (χ3v) is 8.75. The Morgan fingerprint density at radius 3 is 2.05 bits per heavy atom. The largest absolute Gasteiger partial charge is 0.418 e. The van der Waals surface area contributed by atoms with Gasteiger partial charge in [-0.3, -0.25) is 4.79 Å². The topological polar surface area (TPSA) is 79.4 Å². The molecule has 0 saturated carbocycles. The van der Waals surface area contributed by atoms with Gasteiger partial charge in [0.05, 0.1) is 16.0 Å². The van der Waals surface area contributed by atoms with Crippen molar-refractivity contribution in [3.8, 4) is 22.3 Å². The standard InChI is InChI=1S/C30H25ClF3N3O3S/c31-26-14-11-22(19-35-26)29(38)37-17-15-23(16-18-37)36-41(39,40)25-13-12-24(20-7-3-1-4-8-20)27(28(25)30(32,33)34)21-9-5-2-6-10-21/h1-14,19,23,36H,15-18H2. The normalized spacial score (nSPS) is 14.7. The highest BCUT2D eigenvalue weighted by Crippen LogP contribution is 2.46. The number of likely N-dealkylation sites (tertiary alicyclic amines) is 1. The fourth-order valence-corrected chi connectivity index (χ4v) is 6.67. The summed E-state index contributed by atoms with van der Waals surface area (Å²) in [6.07, 6.45) is -3.13. The summed E-state index contributed by atoms with van der Waals surface area (Å²) in [6, 6.07) is 21.4. The number of rotatable bonds is 6. The summed E-state index contributed by atoms with van der Waals surface area (Å²) in [5, 5.41) is 0.250. The number of carbonyl (C=O) groups excluding carboxylic acids is 1. The zero-order valence-electron chi connectivity index (χ0n) is 21.6. The summed E-state index contributed by atoms with van der Waals surface area (Å²) in [7, 11) is -4.60. The fraction of sp³-hybridized carbons (Fsp3) is 0.200. The summed E-state index contributed by atoms with van der Waals surface area (Å²) in [5.41, 5.74) is -0.0349. The van der Waals surface area contributed by atoms with E-state index in [1.807, 2.05) is 0 Å². The van der Waals surface area contributed by atoms with E-state index in [2.05, 4.69) is 9.71 Å². The van der Waals surface area contributed by atoms with Crippen LogP contribution in [0.15, 0.2) is 96.0 Å². The van der Waals surface area contributed by atoms with E-state index >= 15 is 0 Å². The molecule has 212 valence electrons. The lowest BCUT2D eigenvalue weighted by atomic mass is 9.90. The van der Waals surface area contributed by atoms with Crippen LogP contribution in [0.1, 0.15) is 28.8 Å². The van der Waals surface area contributed by atoms with E-state index in [1.165, 1.54) is 30.5 Å². The van der Waals surface area contributed by atoms with Gasteiger partial charge in [-0.15, -0.1) is 0 Å². The van der Waals surface area contributed by atoms with Crippen molar-refractivity contribution in [3.05, 3.63) is 107 Å². The fourth-order valence-electron chi connectivity index (χ4n) is 5.02. The first-order chi connectivity index (χ1) is 19.5. The van der Waals surface area contributed by atoms with Gasteiger partial charge in [-0.25, -0.2) is 18.1 Å². The maximum atomic E-state index is 14.8. The SMILES string of the molecule is O=C(c1ccc(Cl)nc1)N1CCC(NS(=O)(=O)c2ccc(-c3ccccc3)c(-c3ccccc3)c2C(F)(F)F)CC1. The van der Waals surface area contributed by atoms with Crippen LogP contribution in [-0.2, 0) is 16.2 Å². The van der Waals surface area contributed by atoms with Crippen LogP contribution in [0.5, 0.6) is 0 Å². The number of amides is 1. The Hall–Kier alpha value is -3.73. The van der Waals surface area contributed by atoms with Gasteiger partial charge in [0.2, 0.25) is 10.0 Å². The monoisotopic (exact) mass is 599 g/mol. The van der Waals surface area contributed by atoms with Gasteiger partial charge in [-0.05, 0) is 47.7 Å². The molecule has 4 aromatic rings. The van der Waals surface area contributed by atoms with Crippen LogP contribution in [-0.4, -0.2) is 43.3 Å². The minimum absolute atomic E-state index is 0.204. The molecule has 0 bridgehead atoms. The van der Waals surface area contributed by atoms with Crippen LogP contribution in [0.25, 0.3) is 22.3 Å². The van der Waals surface area contributed by atoms with Crippen molar-refractivity contribution in [2.45, 2.75) is 30.0 Å². The second kappa shape index (κ2) is 11.6. The lowest BCUT2D eigenvalue weighted by molar-refractivity contribution is -0.139. The van der Waals surface area contributed by atoms with Gasteiger partial charge in [0.25, 0.3) is 5.91 Å². The molecule has 0 aliphatic carbocycles. The molecule has 1 aromatic heterocycles. The molecule has 6 nitrogen and oxygen atoms in total. The number of piperidine rings is 1. The predicted molar refractivity (Wildman–Crippen MR) is 151 cm³/mol. The van der Waals surface area contributed by atoms with Crippen molar-refractivity contribution < 1.29 is 26.4 Å². The molecule has 0 atom stereocenters. The molecule has 41 heavy (non-hydrogen) atoms. The summed E-state index contributed by atoms with van der Waals surface area (Å²) >= 11 is 5.79. The number of aromatic nitrogens is 1. The molecule has 1 amide bonds. The van der Waals surface area contributed by atoms with Crippen LogP contribution < -0.4 is 4.72 Å². The highest BCUT2D eigenvalue weighted by atomic mass is 35.5. The highest BCUT2D eigenvalue weighted by molar-refractivity contribution is 7.89. The van der Waals surface area contributed by atoms with Gasteiger partial charge in [-0.2, -0.15) is 13.2 Å². The Morgan fingerprint density at radius 2 is 1.49 bits per heavy atom. The van der Waals surface area contributed by atoms with Crippen LogP contribution in [0.4, 0.5) is 13.2 Å². The molecule has 1 aliphatic heterocycles. The lowest BCUT2D eigenvalue weighted by Crippen LogP contribution is -2.46. The molecule has 2 heterocycles. The lowest BCUT2D eigenvalue weighted by Gasteiger charge is -2.32. The molecule has 3 aromatic carbocycles. The van der Waals surface area contributed by atoms with Crippen molar-refractivity contribution in [1.29, 1.82) is 0 Å². The third kappa shape index (κ3) is 6.29. The van der Waals surface area contributed by atoms with Crippen molar-refractivity contribution in [2.24, 2.45) is 0 Å². The molecule has 1 fully saturated rings. The average Bonchev–Trinajstić information content (AvgIpc) is 2.97. The maximum Gasteiger partial charge on any atom is 0.418 e. The zero-order chi connectivity index (χ0) is 29.2. The first-order valence-corrected chi connectivity index (χ1v) is 14.7. The van der Waals surface area contributed by atoms with E-state index in [4.69, 9.17) is 11.6 Å². The van der Waals surface area contributed by atoms with Gasteiger partial charge >= 0.3 is 6.18 Å². The van der Waals surface area contributed by atoms with Crippen LogP contribution in [0.3, 0.4) is 0 Å². The molecule has 11 heteroatoms. The summed E-state index contributed by atoms with van der Waals surface area (Å²) < 4.78 is 73.9. The van der Waals surface area contributed by atoms with Gasteiger partial charge in [0, 0.05) is 30.9 Å². The van der Waals surface area contributed by atoms with Gasteiger partial charge in [0.1, 0.15) is 5.15 Å². The molecule has 1 aliphatic rings. The van der Waals surface area contributed by atoms with Gasteiger partial charge in [0.15, 0.2) is 0 Å². The minimum atomic E-state index is -4.97. The molecule has 1 saturated heterocycles. The van der Waals surface area contributed by atoms with E-state index in [0.29, 0.717) is 11.1 Å². The predicted octanol–water partition coefficient (Wildman–Crippen LogP) is 6.67. The number of hydrogen-bond donors (Lipinski definition) is 1. The highest BCUT2D eigenvalue weighted by Gasteiger charge is 2.42. The second-order valence-corrected chi connectivity index (χ2v) is 11.7. The average molecular weight is 600 g/mol. The first-order valence-electron chi connectivity index (χ1n) is 12.8. The quantitative estimate of drug-likeness (QED) is 0.251. The molecule has 5 rings (SSSR count). The molecule has 0 radical (unpaired) electrons.